The molecule has 0 aromatic heterocycles. The third-order valence-corrected chi connectivity index (χ3v) is 2.19. The zero-order valence-corrected chi connectivity index (χ0v) is 9.94. The van der Waals surface area contributed by atoms with Gasteiger partial charge in [-0.1, -0.05) is 31.5 Å². The van der Waals surface area contributed by atoms with Crippen molar-refractivity contribution in [2.75, 3.05) is 11.9 Å². The topological polar surface area (TPSA) is 41.1 Å². The Morgan fingerprint density at radius 3 is 2.81 bits per heavy atom. The Hall–Kier alpha value is -1.13. The Kier molecular flexibility index (Phi) is 4.71. The highest BCUT2D eigenvalue weighted by Gasteiger charge is 2.09. The van der Waals surface area contributed by atoms with Crippen LogP contribution < -0.4 is 10.6 Å². The SMILES string of the molecule is CC(C)NCC(=O)Nc1cccc(Cl)c1F. The van der Waals surface area contributed by atoms with Gasteiger partial charge >= 0.3 is 0 Å². The van der Waals surface area contributed by atoms with Gasteiger partial charge in [0.25, 0.3) is 0 Å². The number of hydrogen-bond acceptors (Lipinski definition) is 2. The molecular weight excluding hydrogens is 231 g/mol. The van der Waals surface area contributed by atoms with Crippen LogP contribution in [-0.4, -0.2) is 18.5 Å². The number of carbonyl (C=O) groups is 1. The fourth-order valence-electron chi connectivity index (χ4n) is 1.09. The average molecular weight is 245 g/mol. The molecule has 0 fully saturated rings. The van der Waals surface area contributed by atoms with Crippen molar-refractivity contribution < 1.29 is 9.18 Å². The van der Waals surface area contributed by atoms with Crippen LogP contribution >= 0.6 is 11.6 Å². The predicted octanol–water partition coefficient (Wildman–Crippen LogP) is 2.42. The summed E-state index contributed by atoms with van der Waals surface area (Å²) in [5, 5.41) is 5.37. The van der Waals surface area contributed by atoms with Crippen molar-refractivity contribution in [2.45, 2.75) is 19.9 Å². The van der Waals surface area contributed by atoms with Crippen LogP contribution in [0.5, 0.6) is 0 Å². The van der Waals surface area contributed by atoms with Crippen LogP contribution in [0.4, 0.5) is 10.1 Å². The van der Waals surface area contributed by atoms with Crippen molar-refractivity contribution in [3.05, 3.63) is 29.0 Å². The van der Waals surface area contributed by atoms with E-state index in [0.717, 1.165) is 0 Å². The first-order valence-electron chi connectivity index (χ1n) is 4.98. The maximum atomic E-state index is 13.4. The molecular formula is C11H14ClFN2O. The molecule has 0 bridgehead atoms. The second kappa shape index (κ2) is 5.82. The van der Waals surface area contributed by atoms with Crippen molar-refractivity contribution in [3.63, 3.8) is 0 Å². The van der Waals surface area contributed by atoms with Crippen molar-refractivity contribution in [1.29, 1.82) is 0 Å². The van der Waals surface area contributed by atoms with Gasteiger partial charge in [0.15, 0.2) is 5.82 Å². The number of amides is 1. The Morgan fingerprint density at radius 1 is 1.50 bits per heavy atom. The summed E-state index contributed by atoms with van der Waals surface area (Å²) in [5.74, 6) is -0.906. The Morgan fingerprint density at radius 2 is 2.19 bits per heavy atom. The van der Waals surface area contributed by atoms with Crippen molar-refractivity contribution >= 4 is 23.2 Å². The van der Waals surface area contributed by atoms with Crippen LogP contribution in [0.2, 0.25) is 5.02 Å². The Bertz CT molecular complexity index is 382. The standard InChI is InChI=1S/C11H14ClFN2O/c1-7(2)14-6-10(16)15-9-5-3-4-8(12)11(9)13/h3-5,7,14H,6H2,1-2H3,(H,15,16). The van der Waals surface area contributed by atoms with E-state index in [-0.39, 0.29) is 29.2 Å². The monoisotopic (exact) mass is 244 g/mol. The van der Waals surface area contributed by atoms with E-state index in [4.69, 9.17) is 11.6 Å². The molecule has 0 saturated heterocycles. The van der Waals surface area contributed by atoms with Crippen molar-refractivity contribution in [1.82, 2.24) is 5.32 Å². The van der Waals surface area contributed by atoms with Crippen LogP contribution in [0.3, 0.4) is 0 Å². The largest absolute Gasteiger partial charge is 0.322 e. The van der Waals surface area contributed by atoms with E-state index in [1.54, 1.807) is 6.07 Å². The smallest absolute Gasteiger partial charge is 0.238 e. The number of benzene rings is 1. The summed E-state index contributed by atoms with van der Waals surface area (Å²) < 4.78 is 13.4. The van der Waals surface area contributed by atoms with Crippen LogP contribution in [0.1, 0.15) is 13.8 Å². The average Bonchev–Trinajstić information content (AvgIpc) is 2.22. The highest BCUT2D eigenvalue weighted by atomic mass is 35.5. The van der Waals surface area contributed by atoms with Crippen LogP contribution in [0, 0.1) is 5.82 Å². The highest BCUT2D eigenvalue weighted by molar-refractivity contribution is 6.31. The Balaban J connectivity index is 2.59. The fraction of sp³-hybridized carbons (Fsp3) is 0.364. The molecule has 0 atom stereocenters. The number of halogens is 2. The van der Waals surface area contributed by atoms with Crippen molar-refractivity contribution in [3.8, 4) is 0 Å². The summed E-state index contributed by atoms with van der Waals surface area (Å²) in [6, 6.07) is 4.68. The molecule has 1 aromatic carbocycles. The number of nitrogens with one attached hydrogen (secondary N) is 2. The van der Waals surface area contributed by atoms with E-state index in [2.05, 4.69) is 10.6 Å². The zero-order valence-electron chi connectivity index (χ0n) is 9.18. The molecule has 0 saturated carbocycles. The zero-order chi connectivity index (χ0) is 12.1. The first kappa shape index (κ1) is 12.9. The normalized spacial score (nSPS) is 10.6. The number of rotatable bonds is 4. The van der Waals surface area contributed by atoms with E-state index < -0.39 is 5.82 Å². The molecule has 88 valence electrons. The van der Waals surface area contributed by atoms with E-state index in [9.17, 15) is 9.18 Å². The van der Waals surface area contributed by atoms with Gasteiger partial charge in [-0.2, -0.15) is 0 Å². The van der Waals surface area contributed by atoms with E-state index in [1.807, 2.05) is 13.8 Å². The van der Waals surface area contributed by atoms with E-state index >= 15 is 0 Å². The number of carbonyl (C=O) groups excluding carboxylic acids is 1. The van der Waals surface area contributed by atoms with Crippen LogP contribution in [-0.2, 0) is 4.79 Å². The third kappa shape index (κ3) is 3.79. The molecule has 0 radical (unpaired) electrons. The van der Waals surface area contributed by atoms with Gasteiger partial charge in [-0.3, -0.25) is 4.79 Å². The second-order valence-corrected chi connectivity index (χ2v) is 4.09. The van der Waals surface area contributed by atoms with Gasteiger partial charge in [-0.05, 0) is 12.1 Å². The van der Waals surface area contributed by atoms with Gasteiger partial charge in [0.05, 0.1) is 17.3 Å². The maximum Gasteiger partial charge on any atom is 0.238 e. The minimum Gasteiger partial charge on any atom is -0.322 e. The molecule has 0 spiro atoms. The molecule has 0 unspecified atom stereocenters. The molecule has 2 N–H and O–H groups in total. The molecule has 0 aliphatic rings. The maximum absolute atomic E-state index is 13.4. The molecule has 3 nitrogen and oxygen atoms in total. The molecule has 0 aliphatic heterocycles. The minimum atomic E-state index is -0.609. The van der Waals surface area contributed by atoms with Gasteiger partial charge < -0.3 is 10.6 Å². The molecule has 0 heterocycles. The molecule has 16 heavy (non-hydrogen) atoms. The first-order valence-corrected chi connectivity index (χ1v) is 5.35. The van der Waals surface area contributed by atoms with Crippen LogP contribution in [0.15, 0.2) is 18.2 Å². The molecule has 1 aromatic rings. The molecule has 5 heteroatoms. The van der Waals surface area contributed by atoms with E-state index in [1.165, 1.54) is 12.1 Å². The molecule has 1 amide bonds. The fourth-order valence-corrected chi connectivity index (χ4v) is 1.27. The summed E-state index contributed by atoms with van der Waals surface area (Å²) in [5.41, 5.74) is 0.100. The summed E-state index contributed by atoms with van der Waals surface area (Å²) in [4.78, 5) is 11.4. The lowest BCUT2D eigenvalue weighted by Crippen LogP contribution is -2.32. The number of anilines is 1. The van der Waals surface area contributed by atoms with Gasteiger partial charge in [0, 0.05) is 6.04 Å². The summed E-state index contributed by atoms with van der Waals surface area (Å²) in [6.07, 6.45) is 0. The second-order valence-electron chi connectivity index (χ2n) is 3.69. The van der Waals surface area contributed by atoms with Gasteiger partial charge in [-0.25, -0.2) is 4.39 Å². The summed E-state index contributed by atoms with van der Waals surface area (Å²) >= 11 is 5.58. The summed E-state index contributed by atoms with van der Waals surface area (Å²) in [7, 11) is 0. The van der Waals surface area contributed by atoms with Gasteiger partial charge in [0.1, 0.15) is 0 Å². The quantitative estimate of drug-likeness (QED) is 0.854. The minimum absolute atomic E-state index is 0.00498. The lowest BCUT2D eigenvalue weighted by Gasteiger charge is -2.09. The van der Waals surface area contributed by atoms with E-state index in [0.29, 0.717) is 0 Å². The number of hydrogen-bond donors (Lipinski definition) is 2. The van der Waals surface area contributed by atoms with Gasteiger partial charge in [-0.15, -0.1) is 0 Å². The molecule has 0 aliphatic carbocycles. The van der Waals surface area contributed by atoms with Crippen LogP contribution in [0.25, 0.3) is 0 Å². The third-order valence-electron chi connectivity index (χ3n) is 1.90. The van der Waals surface area contributed by atoms with Crippen molar-refractivity contribution in [2.24, 2.45) is 0 Å². The lowest BCUT2D eigenvalue weighted by molar-refractivity contribution is -0.115. The Labute approximate surface area is 99.0 Å². The lowest BCUT2D eigenvalue weighted by atomic mass is 10.3. The predicted molar refractivity (Wildman–Crippen MR) is 63.2 cm³/mol. The first-order chi connectivity index (χ1) is 7.50. The van der Waals surface area contributed by atoms with Gasteiger partial charge in [0.2, 0.25) is 5.91 Å². The summed E-state index contributed by atoms with van der Waals surface area (Å²) in [6.45, 7) is 3.99. The molecule has 1 rings (SSSR count). The highest BCUT2D eigenvalue weighted by Crippen LogP contribution is 2.21.